The topological polar surface area (TPSA) is 62.3 Å². The Morgan fingerprint density at radius 3 is 2.21 bits per heavy atom. The third-order valence-corrected chi connectivity index (χ3v) is 5.19. The van der Waals surface area contributed by atoms with E-state index in [4.69, 9.17) is 16.3 Å². The molecular formula is C29H37NO3. The Balaban J connectivity index is 0.000000321. The zero-order valence-electron chi connectivity index (χ0n) is 20.7. The van der Waals surface area contributed by atoms with Gasteiger partial charge in [0.05, 0.1) is 12.9 Å². The van der Waals surface area contributed by atoms with Crippen LogP contribution in [0.1, 0.15) is 56.0 Å². The number of aliphatic hydroxyl groups excluding tert-OH is 1. The lowest BCUT2D eigenvalue weighted by Gasteiger charge is -2.15. The van der Waals surface area contributed by atoms with E-state index in [-0.39, 0.29) is 12.4 Å². The quantitative estimate of drug-likeness (QED) is 0.351. The molecule has 1 atom stereocenters. The number of aromatic nitrogens is 1. The number of aromatic amines is 1. The van der Waals surface area contributed by atoms with E-state index in [1.54, 1.807) is 7.11 Å². The highest BCUT2D eigenvalue weighted by Gasteiger charge is 2.17. The van der Waals surface area contributed by atoms with Crippen LogP contribution in [0.5, 0.6) is 0 Å². The largest absolute Gasteiger partial charge is 0.501 e. The van der Waals surface area contributed by atoms with Gasteiger partial charge in [0.1, 0.15) is 6.61 Å². The van der Waals surface area contributed by atoms with Crippen molar-refractivity contribution < 1.29 is 14.6 Å². The minimum absolute atomic E-state index is 0.190. The fourth-order valence-electron chi connectivity index (χ4n) is 3.20. The predicted octanol–water partition coefficient (Wildman–Crippen LogP) is 6.17. The third-order valence-electron chi connectivity index (χ3n) is 5.19. The van der Waals surface area contributed by atoms with E-state index < -0.39 is 0 Å². The molecule has 1 heterocycles. The van der Waals surface area contributed by atoms with Gasteiger partial charge < -0.3 is 14.8 Å². The molecule has 0 amide bonds. The van der Waals surface area contributed by atoms with Gasteiger partial charge in [0.2, 0.25) is 0 Å². The van der Waals surface area contributed by atoms with Crippen LogP contribution in [0.15, 0.2) is 60.9 Å². The number of rotatable bonds is 6. The molecule has 4 nitrogen and oxygen atoms in total. The second kappa shape index (κ2) is 14.0. The van der Waals surface area contributed by atoms with Gasteiger partial charge in [-0.15, -0.1) is 6.42 Å². The summed E-state index contributed by atoms with van der Waals surface area (Å²) in [5.74, 6) is 4.02. The van der Waals surface area contributed by atoms with Gasteiger partial charge in [0, 0.05) is 28.1 Å². The van der Waals surface area contributed by atoms with Gasteiger partial charge in [-0.2, -0.15) is 0 Å². The van der Waals surface area contributed by atoms with E-state index in [1.807, 2.05) is 31.2 Å². The zero-order chi connectivity index (χ0) is 25.0. The minimum atomic E-state index is -0.333. The Morgan fingerprint density at radius 2 is 1.73 bits per heavy atom. The van der Waals surface area contributed by atoms with Crippen LogP contribution in [-0.4, -0.2) is 29.6 Å². The zero-order valence-corrected chi connectivity index (χ0v) is 20.7. The van der Waals surface area contributed by atoms with Crippen LogP contribution in [0.3, 0.4) is 0 Å². The number of carbonyl (C=O) groups is 1. The molecule has 0 fully saturated rings. The van der Waals surface area contributed by atoms with E-state index in [0.717, 1.165) is 17.7 Å². The summed E-state index contributed by atoms with van der Waals surface area (Å²) in [4.78, 5) is 13.1. The first-order valence-corrected chi connectivity index (χ1v) is 11.1. The number of aliphatic hydroxyl groups is 1. The Bertz CT molecular complexity index is 1070. The van der Waals surface area contributed by atoms with Crippen LogP contribution in [0.25, 0.3) is 10.9 Å². The van der Waals surface area contributed by atoms with Gasteiger partial charge in [0.15, 0.2) is 5.78 Å². The average Bonchev–Trinajstić information content (AvgIpc) is 3.18. The molecule has 0 spiro atoms. The highest BCUT2D eigenvalue weighted by Crippen LogP contribution is 2.30. The number of ketones is 1. The number of fused-ring (bicyclic) bond motifs is 1. The monoisotopic (exact) mass is 447 g/mol. The number of Topliss-reactive ketones (excluding diaryl/α,β-unsaturated/α-hetero) is 1. The molecule has 0 saturated heterocycles. The van der Waals surface area contributed by atoms with Gasteiger partial charge in [0.25, 0.3) is 0 Å². The Hall–Kier alpha value is -3.29. The molecule has 4 heteroatoms. The Kier molecular flexibility index (Phi) is 11.8. The number of nitrogens with one attached hydrogen (secondary N) is 1. The highest BCUT2D eigenvalue weighted by molar-refractivity contribution is 5.85. The van der Waals surface area contributed by atoms with Gasteiger partial charge >= 0.3 is 0 Å². The molecule has 0 bridgehead atoms. The number of aryl methyl sites for hydroxylation is 1. The number of benzene rings is 2. The van der Waals surface area contributed by atoms with Crippen molar-refractivity contribution in [2.24, 2.45) is 5.92 Å². The fraction of sp³-hybridized carbons (Fsp3) is 0.345. The second-order valence-electron chi connectivity index (χ2n) is 8.36. The van der Waals surface area contributed by atoms with Crippen molar-refractivity contribution in [3.05, 3.63) is 83.3 Å². The summed E-state index contributed by atoms with van der Waals surface area (Å²) in [7, 11) is 1.69. The van der Waals surface area contributed by atoms with Crippen molar-refractivity contribution >= 4 is 16.7 Å². The van der Waals surface area contributed by atoms with Gasteiger partial charge in [-0.1, -0.05) is 69.2 Å². The van der Waals surface area contributed by atoms with Crippen LogP contribution >= 0.6 is 0 Å². The van der Waals surface area contributed by atoms with Gasteiger partial charge in [-0.3, -0.25) is 4.79 Å². The van der Waals surface area contributed by atoms with Crippen LogP contribution < -0.4 is 0 Å². The maximum atomic E-state index is 9.56. The normalized spacial score (nSPS) is 10.9. The van der Waals surface area contributed by atoms with Crippen molar-refractivity contribution in [2.45, 2.75) is 47.0 Å². The summed E-state index contributed by atoms with van der Waals surface area (Å²) in [5, 5.41) is 9.12. The van der Waals surface area contributed by atoms with Crippen molar-refractivity contribution in [2.75, 3.05) is 13.7 Å². The van der Waals surface area contributed by atoms with Crippen molar-refractivity contribution in [1.82, 2.24) is 4.98 Å². The molecule has 2 N–H and O–H groups in total. The number of H-pyrrole nitrogens is 1. The number of carbonyl (C=O) groups excluding carboxylic acids is 1. The number of ether oxygens (including phenoxy) is 1. The fourth-order valence-corrected chi connectivity index (χ4v) is 3.20. The molecule has 176 valence electrons. The number of hydrogen-bond acceptors (Lipinski definition) is 3. The number of hydrogen-bond donors (Lipinski definition) is 2. The summed E-state index contributed by atoms with van der Waals surface area (Å²) in [6, 6.07) is 16.4. The van der Waals surface area contributed by atoms with Crippen LogP contribution in [0.4, 0.5) is 0 Å². The lowest BCUT2D eigenvalue weighted by Crippen LogP contribution is -2.06. The lowest BCUT2D eigenvalue weighted by atomic mass is 9.94. The maximum absolute atomic E-state index is 9.56. The molecule has 1 aromatic heterocycles. The first kappa shape index (κ1) is 27.7. The summed E-state index contributed by atoms with van der Waals surface area (Å²) < 4.78 is 5.27. The van der Waals surface area contributed by atoms with E-state index >= 15 is 0 Å². The predicted molar refractivity (Wildman–Crippen MR) is 138 cm³/mol. The first-order chi connectivity index (χ1) is 15.6. The van der Waals surface area contributed by atoms with E-state index in [0.29, 0.717) is 11.8 Å². The van der Waals surface area contributed by atoms with E-state index in [9.17, 15) is 4.79 Å². The van der Waals surface area contributed by atoms with E-state index in [1.165, 1.54) is 34.6 Å². The molecule has 0 aliphatic rings. The van der Waals surface area contributed by atoms with Gasteiger partial charge in [-0.25, -0.2) is 0 Å². The molecule has 2 aromatic carbocycles. The van der Waals surface area contributed by atoms with E-state index in [2.05, 4.69) is 62.5 Å². The molecular weight excluding hydrogens is 410 g/mol. The van der Waals surface area contributed by atoms with Gasteiger partial charge in [-0.05, 0) is 49.9 Å². The number of methoxy groups -OCH3 is 1. The van der Waals surface area contributed by atoms with Crippen molar-refractivity contribution in [3.63, 3.8) is 0 Å². The standard InChI is InChI=1S/C17H23NO.C9H8.C3H6O2/c1-11(2)17-15(10-12(3)13(4)19-5)14-8-6-7-9-16(14)18-17;1-3-9-6-4-8(2)5-7-9;1-3(5)2-4/h6-9,11-12,18H,4,10H2,1-3,5H3;1,4-7H,2H3;4H,2H2,1H3. The molecule has 0 aliphatic carbocycles. The summed E-state index contributed by atoms with van der Waals surface area (Å²) in [6.45, 7) is 13.6. The van der Waals surface area contributed by atoms with Crippen molar-refractivity contribution in [3.8, 4) is 12.3 Å². The third kappa shape index (κ3) is 9.00. The second-order valence-corrected chi connectivity index (χ2v) is 8.36. The van der Waals surface area contributed by atoms with Crippen LogP contribution in [0.2, 0.25) is 0 Å². The molecule has 3 rings (SSSR count). The molecule has 0 radical (unpaired) electrons. The lowest BCUT2D eigenvalue weighted by molar-refractivity contribution is -0.119. The molecule has 33 heavy (non-hydrogen) atoms. The highest BCUT2D eigenvalue weighted by atomic mass is 16.5. The smallest absolute Gasteiger partial charge is 0.155 e. The number of para-hydroxylation sites is 1. The first-order valence-electron chi connectivity index (χ1n) is 11.1. The number of allylic oxidation sites excluding steroid dienone is 1. The minimum Gasteiger partial charge on any atom is -0.501 e. The average molecular weight is 448 g/mol. The summed E-state index contributed by atoms with van der Waals surface area (Å²) >= 11 is 0. The Labute approximate surface area is 198 Å². The maximum Gasteiger partial charge on any atom is 0.155 e. The molecule has 3 aromatic rings. The molecule has 0 saturated carbocycles. The Morgan fingerprint density at radius 1 is 1.15 bits per heavy atom. The van der Waals surface area contributed by atoms with Crippen molar-refractivity contribution in [1.29, 1.82) is 0 Å². The molecule has 1 unspecified atom stereocenters. The summed E-state index contributed by atoms with van der Waals surface area (Å²) in [5.41, 5.74) is 6.14. The van der Waals surface area contributed by atoms with Crippen LogP contribution in [0, 0.1) is 25.2 Å². The SMILES string of the molecule is C#Cc1ccc(C)cc1.C=C(OC)C(C)Cc1c(C(C)C)[nH]c2ccccc12.CC(=O)CO. The summed E-state index contributed by atoms with van der Waals surface area (Å²) in [6.07, 6.45) is 6.11. The van der Waals surface area contributed by atoms with Crippen LogP contribution in [-0.2, 0) is 16.0 Å². The number of terminal acetylenes is 1. The molecule has 0 aliphatic heterocycles.